The van der Waals surface area contributed by atoms with Crippen molar-refractivity contribution < 1.29 is 13.9 Å². The third-order valence-electron chi connectivity index (χ3n) is 3.32. The van der Waals surface area contributed by atoms with E-state index in [2.05, 4.69) is 10.2 Å². The van der Waals surface area contributed by atoms with Gasteiger partial charge in [0.15, 0.2) is 11.6 Å². The largest absolute Gasteiger partial charge is 0.396 e. The summed E-state index contributed by atoms with van der Waals surface area (Å²) in [6.07, 6.45) is 0.533. The molecule has 0 radical (unpaired) electrons. The zero-order chi connectivity index (χ0) is 13.0. The third-order valence-corrected chi connectivity index (χ3v) is 3.32. The van der Waals surface area contributed by atoms with E-state index in [9.17, 15) is 8.78 Å². The lowest BCUT2D eigenvalue weighted by atomic mass is 10.0. The molecule has 1 heterocycles. The summed E-state index contributed by atoms with van der Waals surface area (Å²) in [5, 5.41) is 12.4. The Labute approximate surface area is 105 Å². The molecule has 0 aromatic heterocycles. The molecular formula is C13H18F2N2O. The van der Waals surface area contributed by atoms with Crippen LogP contribution < -0.4 is 5.32 Å². The highest BCUT2D eigenvalue weighted by atomic mass is 19.2. The first-order valence-corrected chi connectivity index (χ1v) is 6.23. The fraction of sp³-hybridized carbons (Fsp3) is 0.538. The zero-order valence-electron chi connectivity index (χ0n) is 10.2. The first kappa shape index (κ1) is 13.4. The quantitative estimate of drug-likeness (QED) is 0.852. The van der Waals surface area contributed by atoms with Crippen LogP contribution in [0.3, 0.4) is 0 Å². The van der Waals surface area contributed by atoms with E-state index in [1.54, 1.807) is 6.07 Å². The van der Waals surface area contributed by atoms with E-state index in [0.717, 1.165) is 37.8 Å². The second-order valence-corrected chi connectivity index (χ2v) is 4.49. The van der Waals surface area contributed by atoms with E-state index < -0.39 is 11.6 Å². The molecule has 2 N–H and O–H groups in total. The highest BCUT2D eigenvalue weighted by Crippen LogP contribution is 2.25. The molecule has 1 fully saturated rings. The zero-order valence-corrected chi connectivity index (χ0v) is 10.2. The number of benzene rings is 1. The summed E-state index contributed by atoms with van der Waals surface area (Å²) in [7, 11) is 0. The molecule has 2 rings (SSSR count). The monoisotopic (exact) mass is 256 g/mol. The maximum atomic E-state index is 13.3. The van der Waals surface area contributed by atoms with Gasteiger partial charge < -0.3 is 10.4 Å². The normalized spacial score (nSPS) is 18.8. The minimum Gasteiger partial charge on any atom is -0.396 e. The summed E-state index contributed by atoms with van der Waals surface area (Å²) in [4.78, 5) is 2.19. The van der Waals surface area contributed by atoms with Crippen LogP contribution >= 0.6 is 0 Å². The van der Waals surface area contributed by atoms with E-state index in [1.165, 1.54) is 6.07 Å². The van der Waals surface area contributed by atoms with Crippen molar-refractivity contribution in [2.24, 2.45) is 0 Å². The molecule has 1 aliphatic heterocycles. The third kappa shape index (κ3) is 3.04. The van der Waals surface area contributed by atoms with Crippen LogP contribution in [0.4, 0.5) is 8.78 Å². The maximum absolute atomic E-state index is 13.3. The van der Waals surface area contributed by atoms with Gasteiger partial charge in [0.2, 0.25) is 0 Å². The Kier molecular flexibility index (Phi) is 4.63. The lowest BCUT2D eigenvalue weighted by Gasteiger charge is -2.35. The number of nitrogens with one attached hydrogen (secondary N) is 1. The molecule has 1 saturated heterocycles. The lowest BCUT2D eigenvalue weighted by Crippen LogP contribution is -2.45. The van der Waals surface area contributed by atoms with Crippen LogP contribution in [0.1, 0.15) is 18.0 Å². The van der Waals surface area contributed by atoms with Crippen LogP contribution in [0.25, 0.3) is 0 Å². The summed E-state index contributed by atoms with van der Waals surface area (Å²) in [6, 6.07) is 3.93. The Morgan fingerprint density at radius 3 is 2.56 bits per heavy atom. The molecule has 0 saturated carbocycles. The van der Waals surface area contributed by atoms with Crippen molar-refractivity contribution in [2.45, 2.75) is 12.5 Å². The van der Waals surface area contributed by atoms with Gasteiger partial charge >= 0.3 is 0 Å². The van der Waals surface area contributed by atoms with Crippen molar-refractivity contribution in [3.05, 3.63) is 35.4 Å². The second kappa shape index (κ2) is 6.22. The molecule has 5 heteroatoms. The van der Waals surface area contributed by atoms with Crippen molar-refractivity contribution >= 4 is 0 Å². The molecule has 0 spiro atoms. The Balaban J connectivity index is 2.19. The van der Waals surface area contributed by atoms with Crippen molar-refractivity contribution in [3.8, 4) is 0 Å². The van der Waals surface area contributed by atoms with Crippen molar-refractivity contribution in [2.75, 3.05) is 32.8 Å². The van der Waals surface area contributed by atoms with Gasteiger partial charge in [0.25, 0.3) is 0 Å². The predicted octanol–water partition coefficient (Wildman–Crippen LogP) is 1.29. The van der Waals surface area contributed by atoms with Gasteiger partial charge in [-0.05, 0) is 24.1 Å². The maximum Gasteiger partial charge on any atom is 0.159 e. The number of nitrogens with zero attached hydrogens (tertiary/aromatic N) is 1. The number of aliphatic hydroxyl groups excluding tert-OH is 1. The summed E-state index contributed by atoms with van der Waals surface area (Å²) < 4.78 is 26.2. The van der Waals surface area contributed by atoms with Crippen LogP contribution in [0.15, 0.2) is 18.2 Å². The van der Waals surface area contributed by atoms with Crippen LogP contribution in [-0.2, 0) is 0 Å². The Morgan fingerprint density at radius 1 is 1.22 bits per heavy atom. The summed E-state index contributed by atoms with van der Waals surface area (Å²) in [6.45, 7) is 3.50. The van der Waals surface area contributed by atoms with E-state index in [0.29, 0.717) is 6.42 Å². The molecule has 0 aliphatic carbocycles. The molecule has 1 atom stereocenters. The molecule has 1 aromatic rings. The Hall–Kier alpha value is -1.04. The lowest BCUT2D eigenvalue weighted by molar-refractivity contribution is 0.141. The molecule has 1 unspecified atom stereocenters. The minimum atomic E-state index is -0.832. The van der Waals surface area contributed by atoms with Gasteiger partial charge in [0.1, 0.15) is 0 Å². The molecule has 0 amide bonds. The summed E-state index contributed by atoms with van der Waals surface area (Å²) in [5.41, 5.74) is 0.727. The molecule has 18 heavy (non-hydrogen) atoms. The van der Waals surface area contributed by atoms with Crippen LogP contribution in [-0.4, -0.2) is 42.8 Å². The van der Waals surface area contributed by atoms with Crippen molar-refractivity contribution in [3.63, 3.8) is 0 Å². The van der Waals surface area contributed by atoms with Crippen molar-refractivity contribution in [1.29, 1.82) is 0 Å². The average molecular weight is 256 g/mol. The average Bonchev–Trinajstić information content (AvgIpc) is 2.40. The van der Waals surface area contributed by atoms with E-state index in [1.807, 2.05) is 0 Å². The van der Waals surface area contributed by atoms with E-state index >= 15 is 0 Å². The SMILES string of the molecule is OCCC(c1ccc(F)c(F)c1)N1CCNCC1. The van der Waals surface area contributed by atoms with Gasteiger partial charge in [-0.15, -0.1) is 0 Å². The molecule has 3 nitrogen and oxygen atoms in total. The number of hydrogen-bond acceptors (Lipinski definition) is 3. The standard InChI is InChI=1S/C13H18F2N2O/c14-11-2-1-10(9-12(11)15)13(3-8-18)17-6-4-16-5-7-17/h1-2,9,13,16,18H,3-8H2. The highest BCUT2D eigenvalue weighted by Gasteiger charge is 2.22. The molecule has 0 bridgehead atoms. The number of aliphatic hydroxyl groups is 1. The summed E-state index contributed by atoms with van der Waals surface area (Å²) in [5.74, 6) is -1.66. The van der Waals surface area contributed by atoms with Crippen molar-refractivity contribution in [1.82, 2.24) is 10.2 Å². The Morgan fingerprint density at radius 2 is 1.94 bits per heavy atom. The van der Waals surface area contributed by atoms with Gasteiger partial charge in [0.05, 0.1) is 0 Å². The topological polar surface area (TPSA) is 35.5 Å². The van der Waals surface area contributed by atoms with Gasteiger partial charge in [-0.25, -0.2) is 8.78 Å². The predicted molar refractivity (Wildman–Crippen MR) is 65.2 cm³/mol. The minimum absolute atomic E-state index is 0.0353. The van der Waals surface area contributed by atoms with Crippen LogP contribution in [0, 0.1) is 11.6 Å². The number of halogens is 2. The molecule has 1 aliphatic rings. The van der Waals surface area contributed by atoms with Gasteiger partial charge in [-0.3, -0.25) is 4.90 Å². The number of piperazine rings is 1. The number of hydrogen-bond donors (Lipinski definition) is 2. The molecular weight excluding hydrogens is 238 g/mol. The second-order valence-electron chi connectivity index (χ2n) is 4.49. The van der Waals surface area contributed by atoms with Crippen LogP contribution in [0.2, 0.25) is 0 Å². The van der Waals surface area contributed by atoms with Crippen LogP contribution in [0.5, 0.6) is 0 Å². The number of rotatable bonds is 4. The first-order valence-electron chi connectivity index (χ1n) is 6.23. The van der Waals surface area contributed by atoms with Gasteiger partial charge in [-0.1, -0.05) is 6.07 Å². The summed E-state index contributed by atoms with van der Waals surface area (Å²) >= 11 is 0. The van der Waals surface area contributed by atoms with Gasteiger partial charge in [-0.2, -0.15) is 0 Å². The fourth-order valence-electron chi connectivity index (χ4n) is 2.40. The van der Waals surface area contributed by atoms with Gasteiger partial charge in [0, 0.05) is 38.8 Å². The van der Waals surface area contributed by atoms with E-state index in [-0.39, 0.29) is 12.6 Å². The smallest absolute Gasteiger partial charge is 0.159 e. The fourth-order valence-corrected chi connectivity index (χ4v) is 2.40. The first-order chi connectivity index (χ1) is 8.72. The Bertz CT molecular complexity index is 395. The highest BCUT2D eigenvalue weighted by molar-refractivity contribution is 5.21. The molecule has 1 aromatic carbocycles. The van der Waals surface area contributed by atoms with E-state index in [4.69, 9.17) is 5.11 Å². The molecule has 100 valence electrons.